The summed E-state index contributed by atoms with van der Waals surface area (Å²) >= 11 is 0. The van der Waals surface area contributed by atoms with E-state index in [2.05, 4.69) is 4.18 Å². The quantitative estimate of drug-likeness (QED) is 0.548. The van der Waals surface area contributed by atoms with Crippen molar-refractivity contribution in [1.29, 1.82) is 0 Å². The van der Waals surface area contributed by atoms with E-state index in [1.54, 1.807) is 6.92 Å². The van der Waals surface area contributed by atoms with Crippen LogP contribution in [-0.2, 0) is 14.7 Å². The van der Waals surface area contributed by atoms with Crippen LogP contribution < -0.4 is 0 Å². The van der Waals surface area contributed by atoms with Gasteiger partial charge in [-0.05, 0) is 12.3 Å². The highest BCUT2D eigenvalue weighted by Gasteiger charge is 2.37. The molecule has 2 unspecified atom stereocenters. The van der Waals surface area contributed by atoms with E-state index in [-0.39, 0.29) is 5.92 Å². The normalized spacial score (nSPS) is 34.4. The fourth-order valence-electron chi connectivity index (χ4n) is 0.570. The minimum atomic E-state index is -4.69. The maximum absolute atomic E-state index is 11.6. The van der Waals surface area contributed by atoms with E-state index in [1.165, 1.54) is 0 Å². The van der Waals surface area contributed by atoms with Crippen LogP contribution >= 0.6 is 0 Å². The Kier molecular flexibility index (Phi) is 1.48. The summed E-state index contributed by atoms with van der Waals surface area (Å²) in [6.45, 7) is 1.80. The van der Waals surface area contributed by atoms with Crippen molar-refractivity contribution < 1.29 is 16.5 Å². The molecule has 1 saturated carbocycles. The van der Waals surface area contributed by atoms with Gasteiger partial charge in [0.25, 0.3) is 0 Å². The van der Waals surface area contributed by atoms with Crippen molar-refractivity contribution in [2.75, 3.05) is 0 Å². The van der Waals surface area contributed by atoms with Crippen LogP contribution in [0.15, 0.2) is 0 Å². The predicted octanol–water partition coefficient (Wildman–Crippen LogP) is 0.626. The molecule has 0 spiro atoms. The molecule has 54 valence electrons. The van der Waals surface area contributed by atoms with E-state index < -0.39 is 16.6 Å². The number of hydrogen-bond acceptors (Lipinski definition) is 3. The summed E-state index contributed by atoms with van der Waals surface area (Å²) in [5.41, 5.74) is 0. The molecular formula is C4H7FO3S. The molecule has 2 atom stereocenters. The molecule has 3 nitrogen and oxygen atoms in total. The highest BCUT2D eigenvalue weighted by Crippen LogP contribution is 2.34. The third-order valence-electron chi connectivity index (χ3n) is 1.27. The third kappa shape index (κ3) is 2.28. The summed E-state index contributed by atoms with van der Waals surface area (Å²) in [5.74, 6) is 0.190. The van der Waals surface area contributed by atoms with Gasteiger partial charge in [-0.1, -0.05) is 10.8 Å². The van der Waals surface area contributed by atoms with Crippen molar-refractivity contribution >= 4 is 10.5 Å². The van der Waals surface area contributed by atoms with Gasteiger partial charge in [-0.2, -0.15) is 8.42 Å². The minimum absolute atomic E-state index is 0.190. The van der Waals surface area contributed by atoms with Crippen LogP contribution in [0.1, 0.15) is 13.3 Å². The molecule has 9 heavy (non-hydrogen) atoms. The van der Waals surface area contributed by atoms with Crippen molar-refractivity contribution in [3.05, 3.63) is 0 Å². The second-order valence-corrected chi connectivity index (χ2v) is 3.22. The molecule has 0 saturated heterocycles. The van der Waals surface area contributed by atoms with Gasteiger partial charge in [0.1, 0.15) is 0 Å². The Morgan fingerprint density at radius 3 is 2.22 bits per heavy atom. The molecule has 5 heteroatoms. The van der Waals surface area contributed by atoms with Crippen molar-refractivity contribution in [1.82, 2.24) is 0 Å². The molecule has 1 aliphatic rings. The van der Waals surface area contributed by atoms with Crippen LogP contribution in [0.2, 0.25) is 0 Å². The lowest BCUT2D eigenvalue weighted by atomic mass is 10.5. The second kappa shape index (κ2) is 1.91. The van der Waals surface area contributed by atoms with Crippen LogP contribution in [0.3, 0.4) is 0 Å². The van der Waals surface area contributed by atoms with E-state index in [1.807, 2.05) is 0 Å². The van der Waals surface area contributed by atoms with Gasteiger partial charge in [0.05, 0.1) is 6.10 Å². The molecule has 0 aliphatic heterocycles. The Bertz CT molecular complexity index is 198. The van der Waals surface area contributed by atoms with Crippen molar-refractivity contribution in [3.8, 4) is 0 Å². The largest absolute Gasteiger partial charge is 0.437 e. The Hall–Kier alpha value is -0.160. The molecule has 0 radical (unpaired) electrons. The molecule has 0 aromatic carbocycles. The average molecular weight is 154 g/mol. The van der Waals surface area contributed by atoms with Gasteiger partial charge < -0.3 is 0 Å². The first-order valence-corrected chi connectivity index (χ1v) is 3.93. The highest BCUT2D eigenvalue weighted by molar-refractivity contribution is 7.81. The molecule has 1 rings (SSSR count). The lowest BCUT2D eigenvalue weighted by Crippen LogP contribution is -2.01. The summed E-state index contributed by atoms with van der Waals surface area (Å²) in [4.78, 5) is 0. The zero-order valence-corrected chi connectivity index (χ0v) is 5.69. The Morgan fingerprint density at radius 2 is 2.11 bits per heavy atom. The summed E-state index contributed by atoms with van der Waals surface area (Å²) in [6.07, 6.45) is 0.239. The van der Waals surface area contributed by atoms with Gasteiger partial charge in [0, 0.05) is 0 Å². The molecule has 0 N–H and O–H groups in total. The Labute approximate surface area is 53.2 Å². The van der Waals surface area contributed by atoms with E-state index in [0.29, 0.717) is 6.42 Å². The molecule has 0 amide bonds. The Morgan fingerprint density at radius 1 is 1.67 bits per heavy atom. The summed E-state index contributed by atoms with van der Waals surface area (Å²) < 4.78 is 35.0. The van der Waals surface area contributed by atoms with Crippen LogP contribution in [-0.4, -0.2) is 14.5 Å². The van der Waals surface area contributed by atoms with Crippen molar-refractivity contribution in [3.63, 3.8) is 0 Å². The van der Waals surface area contributed by atoms with Crippen molar-refractivity contribution in [2.45, 2.75) is 19.4 Å². The lowest BCUT2D eigenvalue weighted by Gasteiger charge is -1.90. The van der Waals surface area contributed by atoms with Gasteiger partial charge in [0.15, 0.2) is 0 Å². The van der Waals surface area contributed by atoms with Crippen molar-refractivity contribution in [2.24, 2.45) is 5.92 Å². The van der Waals surface area contributed by atoms with Gasteiger partial charge in [0.2, 0.25) is 0 Å². The number of halogens is 1. The molecule has 1 fully saturated rings. The summed E-state index contributed by atoms with van der Waals surface area (Å²) in [5, 5.41) is 0. The van der Waals surface area contributed by atoms with Gasteiger partial charge >= 0.3 is 10.5 Å². The molecule has 0 bridgehead atoms. The van der Waals surface area contributed by atoms with Gasteiger partial charge in [-0.25, -0.2) is 4.18 Å². The van der Waals surface area contributed by atoms with E-state index in [9.17, 15) is 12.3 Å². The molecule has 1 aliphatic carbocycles. The third-order valence-corrected chi connectivity index (χ3v) is 1.75. The van der Waals surface area contributed by atoms with Gasteiger partial charge in [-0.15, -0.1) is 0 Å². The minimum Gasteiger partial charge on any atom is -0.241 e. The van der Waals surface area contributed by atoms with E-state index in [4.69, 9.17) is 0 Å². The van der Waals surface area contributed by atoms with E-state index >= 15 is 0 Å². The first-order chi connectivity index (χ1) is 3.99. The fourth-order valence-corrected chi connectivity index (χ4v) is 1.13. The molecule has 0 aromatic heterocycles. The standard InChI is InChI=1S/C4H7FO3S/c1-3-2-4(3)8-9(5,6)7/h3-4H,2H2,1H3. The maximum atomic E-state index is 11.6. The average Bonchev–Trinajstić information content (AvgIpc) is 2.13. The topological polar surface area (TPSA) is 43.4 Å². The highest BCUT2D eigenvalue weighted by atomic mass is 32.3. The van der Waals surface area contributed by atoms with Gasteiger partial charge in [-0.3, -0.25) is 0 Å². The first-order valence-electron chi connectivity index (χ1n) is 2.62. The zero-order valence-electron chi connectivity index (χ0n) is 4.87. The number of hydrogen-bond donors (Lipinski definition) is 0. The SMILES string of the molecule is CC1CC1OS(=O)(=O)F. The van der Waals surface area contributed by atoms with Crippen LogP contribution in [0.4, 0.5) is 3.89 Å². The summed E-state index contributed by atoms with van der Waals surface area (Å²) in [6, 6.07) is 0. The lowest BCUT2D eigenvalue weighted by molar-refractivity contribution is 0.270. The van der Waals surface area contributed by atoms with E-state index in [0.717, 1.165) is 0 Å². The monoisotopic (exact) mass is 154 g/mol. The Balaban J connectivity index is 2.37. The predicted molar refractivity (Wildman–Crippen MR) is 28.7 cm³/mol. The van der Waals surface area contributed by atoms with Crippen LogP contribution in [0, 0.1) is 5.92 Å². The smallest absolute Gasteiger partial charge is 0.241 e. The second-order valence-electron chi connectivity index (χ2n) is 2.24. The molecular weight excluding hydrogens is 147 g/mol. The molecule has 0 heterocycles. The summed E-state index contributed by atoms with van der Waals surface area (Å²) in [7, 11) is -4.69. The number of rotatable bonds is 2. The fraction of sp³-hybridized carbons (Fsp3) is 1.00. The van der Waals surface area contributed by atoms with Crippen LogP contribution in [0.5, 0.6) is 0 Å². The molecule has 0 aromatic rings. The zero-order chi connectivity index (χ0) is 7.07. The van der Waals surface area contributed by atoms with Crippen LogP contribution in [0.25, 0.3) is 0 Å². The maximum Gasteiger partial charge on any atom is 0.437 e. The first kappa shape index (κ1) is 6.95.